The van der Waals surface area contributed by atoms with Gasteiger partial charge < -0.3 is 29.2 Å². The van der Waals surface area contributed by atoms with Crippen LogP contribution in [0, 0.1) is 23.7 Å². The average molecular weight is 551 g/mol. The van der Waals surface area contributed by atoms with Crippen LogP contribution >= 0.6 is 0 Å². The Morgan fingerprint density at radius 3 is 1.77 bits per heavy atom. The van der Waals surface area contributed by atoms with Crippen molar-refractivity contribution in [3.8, 4) is 0 Å². The summed E-state index contributed by atoms with van der Waals surface area (Å²) in [6.45, 7) is 17.0. The number of hydrogen-bond acceptors (Lipinski definition) is 9. The van der Waals surface area contributed by atoms with Crippen LogP contribution in [-0.2, 0) is 38.1 Å². The van der Waals surface area contributed by atoms with Crippen LogP contribution in [0.1, 0.15) is 46.5 Å². The quantitative estimate of drug-likeness (QED) is 0.199. The molecule has 3 saturated carbocycles. The average Bonchev–Trinajstić information content (AvgIpc) is 3.22. The van der Waals surface area contributed by atoms with E-state index in [0.29, 0.717) is 0 Å². The number of methoxy groups -OCH3 is 1. The number of hydrogen-bond donors (Lipinski definition) is 2. The van der Waals surface area contributed by atoms with Crippen molar-refractivity contribution in [2.24, 2.45) is 23.7 Å². The van der Waals surface area contributed by atoms with E-state index < -0.39 is 30.0 Å². The second-order valence-corrected chi connectivity index (χ2v) is 10.2. The summed E-state index contributed by atoms with van der Waals surface area (Å²) in [6, 6.07) is 0. The number of rotatable bonds is 8. The first-order valence-corrected chi connectivity index (χ1v) is 12.8. The number of carbonyl (C=O) groups is 4. The molecule has 0 aromatic carbocycles. The Kier molecular flexibility index (Phi) is 13.9. The number of carboxylic acid groups (broad SMARTS) is 1. The smallest absolute Gasteiger partial charge is 0.333 e. The normalized spacial score (nSPS) is 25.9. The molecule has 1 aliphatic heterocycles. The minimum Gasteiger partial charge on any atom is -0.478 e. The topological polar surface area (TPSA) is 149 Å². The monoisotopic (exact) mass is 550 g/mol. The maximum Gasteiger partial charge on any atom is 0.333 e. The van der Waals surface area contributed by atoms with Gasteiger partial charge in [0.25, 0.3) is 0 Å². The fourth-order valence-corrected chi connectivity index (χ4v) is 4.99. The molecule has 4 aliphatic rings. The van der Waals surface area contributed by atoms with Gasteiger partial charge in [0, 0.05) is 22.8 Å². The molecule has 1 heterocycles. The Labute approximate surface area is 230 Å². The predicted molar refractivity (Wildman–Crippen MR) is 143 cm³/mol. The van der Waals surface area contributed by atoms with Gasteiger partial charge in [-0.15, -0.1) is 0 Å². The molecule has 0 aromatic rings. The van der Waals surface area contributed by atoms with Crippen LogP contribution in [-0.4, -0.2) is 72.7 Å². The molecular formula is C29H42O10. The summed E-state index contributed by atoms with van der Waals surface area (Å²) < 4.78 is 19.1. The lowest BCUT2D eigenvalue weighted by Gasteiger charge is -2.25. The SMILES string of the molecule is C1CC2CC1C1CC3OC3C21.C=C(C)C(=O)O.C=C(C)C(=O)OCC(O)COC(=O)C(=C)C.C=CC(=O)OC. The van der Waals surface area contributed by atoms with E-state index in [9.17, 15) is 24.3 Å². The number of fused-ring (bicyclic) bond motifs is 7. The zero-order chi connectivity index (χ0) is 29.9. The number of aliphatic hydroxyl groups is 1. The van der Waals surface area contributed by atoms with E-state index in [1.807, 2.05) is 0 Å². The Morgan fingerprint density at radius 1 is 0.923 bits per heavy atom. The van der Waals surface area contributed by atoms with E-state index >= 15 is 0 Å². The van der Waals surface area contributed by atoms with Gasteiger partial charge >= 0.3 is 23.9 Å². The fraction of sp³-hybridized carbons (Fsp3) is 0.586. The molecule has 0 aromatic heterocycles. The van der Waals surface area contributed by atoms with Gasteiger partial charge in [-0.3, -0.25) is 0 Å². The third kappa shape index (κ3) is 11.2. The number of ether oxygens (including phenoxy) is 4. The second kappa shape index (κ2) is 16.0. The fourth-order valence-electron chi connectivity index (χ4n) is 4.99. The lowest BCUT2D eigenvalue weighted by Crippen LogP contribution is -2.25. The van der Waals surface area contributed by atoms with Crippen molar-refractivity contribution in [3.05, 3.63) is 49.1 Å². The van der Waals surface area contributed by atoms with Crippen LogP contribution < -0.4 is 0 Å². The van der Waals surface area contributed by atoms with Crippen LogP contribution in [0.5, 0.6) is 0 Å². The van der Waals surface area contributed by atoms with Gasteiger partial charge in [0.1, 0.15) is 19.3 Å². The van der Waals surface area contributed by atoms with Crippen molar-refractivity contribution in [2.45, 2.75) is 64.8 Å². The number of aliphatic hydroxyl groups excluding tert-OH is 1. The highest BCUT2D eigenvalue weighted by Crippen LogP contribution is 2.64. The zero-order valence-electron chi connectivity index (χ0n) is 23.4. The van der Waals surface area contributed by atoms with E-state index in [0.717, 1.165) is 42.0 Å². The van der Waals surface area contributed by atoms with Crippen LogP contribution in [0.15, 0.2) is 49.1 Å². The molecule has 0 amide bonds. The Bertz CT molecular complexity index is 907. The first-order chi connectivity index (χ1) is 18.2. The van der Waals surface area contributed by atoms with Crippen LogP contribution in [0.4, 0.5) is 0 Å². The third-order valence-corrected chi connectivity index (χ3v) is 6.91. The van der Waals surface area contributed by atoms with Crippen molar-refractivity contribution >= 4 is 23.9 Å². The molecule has 4 fully saturated rings. The van der Waals surface area contributed by atoms with E-state index in [1.165, 1.54) is 40.7 Å². The van der Waals surface area contributed by atoms with Gasteiger partial charge in [0.15, 0.2) is 0 Å². The maximum absolute atomic E-state index is 10.9. The molecular weight excluding hydrogens is 508 g/mol. The summed E-state index contributed by atoms with van der Waals surface area (Å²) in [5.41, 5.74) is 0.660. The van der Waals surface area contributed by atoms with Crippen molar-refractivity contribution < 1.29 is 48.3 Å². The molecule has 3 aliphatic carbocycles. The first-order valence-electron chi connectivity index (χ1n) is 12.8. The van der Waals surface area contributed by atoms with E-state index in [2.05, 4.69) is 40.5 Å². The Morgan fingerprint density at radius 2 is 1.41 bits per heavy atom. The molecule has 10 nitrogen and oxygen atoms in total. The minimum atomic E-state index is -1.05. The van der Waals surface area contributed by atoms with Gasteiger partial charge in [-0.05, 0) is 70.1 Å². The van der Waals surface area contributed by atoms with Crippen molar-refractivity contribution in [1.29, 1.82) is 0 Å². The highest BCUT2D eigenvalue weighted by molar-refractivity contribution is 5.87. The molecule has 4 rings (SSSR count). The largest absolute Gasteiger partial charge is 0.478 e. The lowest BCUT2D eigenvalue weighted by atomic mass is 9.81. The Hall–Kier alpha value is -3.24. The second-order valence-electron chi connectivity index (χ2n) is 10.2. The molecule has 39 heavy (non-hydrogen) atoms. The summed E-state index contributed by atoms with van der Waals surface area (Å²) in [6.07, 6.45) is 7.59. The summed E-state index contributed by atoms with van der Waals surface area (Å²) in [5, 5.41) is 17.2. The van der Waals surface area contributed by atoms with Crippen LogP contribution in [0.25, 0.3) is 0 Å². The summed E-state index contributed by atoms with van der Waals surface area (Å²) >= 11 is 0. The van der Waals surface area contributed by atoms with Gasteiger partial charge in [-0.25, -0.2) is 19.2 Å². The highest BCUT2D eigenvalue weighted by atomic mass is 16.6. The summed E-state index contributed by atoms with van der Waals surface area (Å²) in [4.78, 5) is 41.3. The molecule has 1 saturated heterocycles. The standard InChI is InChI=1S/C11H16O5.C10H14O.2C4H6O2/c1-7(2)10(13)15-5-9(12)6-16-11(14)8(3)4;1-2-6-3-5(1)7-4-8-10(11-8)9(6)7;1-3-4(5)6-2;1-3(2)4(5)6/h9,12H,1,3,5-6H2,2,4H3;5-10H,1-4H2;3H,1H2,2H3;1H2,2H3,(H,5,6). The molecule has 2 bridgehead atoms. The van der Waals surface area contributed by atoms with E-state index in [4.69, 9.17) is 9.84 Å². The van der Waals surface area contributed by atoms with Crippen LogP contribution in [0.2, 0.25) is 0 Å². The third-order valence-electron chi connectivity index (χ3n) is 6.91. The number of epoxide rings is 1. The number of esters is 3. The maximum atomic E-state index is 10.9. The molecule has 10 heteroatoms. The summed E-state index contributed by atoms with van der Waals surface area (Å²) in [5.74, 6) is 1.83. The highest BCUT2D eigenvalue weighted by Gasteiger charge is 2.64. The van der Waals surface area contributed by atoms with E-state index in [1.54, 1.807) is 12.8 Å². The van der Waals surface area contributed by atoms with Crippen molar-refractivity contribution in [1.82, 2.24) is 0 Å². The van der Waals surface area contributed by atoms with Gasteiger partial charge in [0.2, 0.25) is 0 Å². The minimum absolute atomic E-state index is 0.176. The Balaban J connectivity index is 0.000000284. The van der Waals surface area contributed by atoms with E-state index in [-0.39, 0.29) is 29.9 Å². The number of carbonyl (C=O) groups excluding carboxylic acids is 3. The van der Waals surface area contributed by atoms with Crippen LogP contribution in [0.3, 0.4) is 0 Å². The van der Waals surface area contributed by atoms with Gasteiger partial charge in [0.05, 0.1) is 19.3 Å². The number of carboxylic acids is 1. The van der Waals surface area contributed by atoms with Crippen molar-refractivity contribution in [2.75, 3.05) is 20.3 Å². The summed E-state index contributed by atoms with van der Waals surface area (Å²) in [7, 11) is 1.31. The molecule has 6 unspecified atom stereocenters. The molecule has 0 spiro atoms. The molecule has 6 atom stereocenters. The van der Waals surface area contributed by atoms with Gasteiger partial charge in [-0.2, -0.15) is 0 Å². The molecule has 0 radical (unpaired) electrons. The molecule has 2 N–H and O–H groups in total. The predicted octanol–water partition coefficient (Wildman–Crippen LogP) is 3.40. The van der Waals surface area contributed by atoms with Gasteiger partial charge in [-0.1, -0.05) is 26.3 Å². The zero-order valence-corrected chi connectivity index (χ0v) is 23.4. The first kappa shape index (κ1) is 33.8. The number of aliphatic carboxylic acids is 1. The van der Waals surface area contributed by atoms with Crippen molar-refractivity contribution in [3.63, 3.8) is 0 Å². The lowest BCUT2D eigenvalue weighted by molar-refractivity contribution is -0.147. The molecule has 218 valence electrons.